The number of amides is 1. The maximum Gasteiger partial charge on any atom is 0.259 e. The second-order valence-corrected chi connectivity index (χ2v) is 6.29. The number of nitrogens with zero attached hydrogens (tertiary/aromatic N) is 2. The molecule has 3 rings (SSSR count). The lowest BCUT2D eigenvalue weighted by Gasteiger charge is -2.30. The fraction of sp³-hybridized carbons (Fsp3) is 0.444. The third-order valence-corrected chi connectivity index (χ3v) is 4.48. The number of pyridine rings is 1. The molecule has 2 heterocycles. The lowest BCUT2D eigenvalue weighted by Crippen LogP contribution is -2.47. The van der Waals surface area contributed by atoms with Crippen LogP contribution in [0.1, 0.15) is 13.0 Å². The van der Waals surface area contributed by atoms with Gasteiger partial charge in [0.15, 0.2) is 0 Å². The van der Waals surface area contributed by atoms with Crippen molar-refractivity contribution in [3.8, 4) is 0 Å². The molecule has 0 radical (unpaired) electrons. The Morgan fingerprint density at radius 2 is 2.17 bits per heavy atom. The lowest BCUT2D eigenvalue weighted by atomic mass is 10.1. The van der Waals surface area contributed by atoms with Crippen molar-refractivity contribution in [3.05, 3.63) is 46.9 Å². The second kappa shape index (κ2) is 7.15. The lowest BCUT2D eigenvalue weighted by molar-refractivity contribution is -0.125. The highest BCUT2D eigenvalue weighted by atomic mass is 16.5. The van der Waals surface area contributed by atoms with Gasteiger partial charge in [0, 0.05) is 31.2 Å². The van der Waals surface area contributed by atoms with Crippen LogP contribution in [-0.2, 0) is 9.53 Å². The van der Waals surface area contributed by atoms with E-state index in [4.69, 9.17) is 4.74 Å². The van der Waals surface area contributed by atoms with Gasteiger partial charge >= 0.3 is 0 Å². The average molecular weight is 329 g/mol. The van der Waals surface area contributed by atoms with E-state index in [1.165, 1.54) is 4.57 Å². The molecule has 6 nitrogen and oxygen atoms in total. The van der Waals surface area contributed by atoms with Crippen molar-refractivity contribution in [1.82, 2.24) is 14.8 Å². The number of carbonyl (C=O) groups excluding carboxylic acids is 1. The number of rotatable bonds is 4. The zero-order valence-electron chi connectivity index (χ0n) is 14.1. The van der Waals surface area contributed by atoms with Crippen LogP contribution in [0.5, 0.6) is 0 Å². The first-order valence-corrected chi connectivity index (χ1v) is 8.24. The van der Waals surface area contributed by atoms with Crippen molar-refractivity contribution < 1.29 is 9.53 Å². The molecule has 1 aromatic heterocycles. The van der Waals surface area contributed by atoms with Gasteiger partial charge in [-0.05, 0) is 31.5 Å². The van der Waals surface area contributed by atoms with Crippen LogP contribution >= 0.6 is 0 Å². The van der Waals surface area contributed by atoms with E-state index in [2.05, 4.69) is 10.2 Å². The van der Waals surface area contributed by atoms with Gasteiger partial charge in [-0.3, -0.25) is 9.59 Å². The summed E-state index contributed by atoms with van der Waals surface area (Å²) in [5, 5.41) is 4.40. The molecule has 1 aromatic carbocycles. The highest BCUT2D eigenvalue weighted by molar-refractivity contribution is 5.83. The van der Waals surface area contributed by atoms with Crippen molar-refractivity contribution in [2.45, 2.75) is 19.1 Å². The van der Waals surface area contributed by atoms with E-state index in [1.54, 1.807) is 19.2 Å². The van der Waals surface area contributed by atoms with Crippen molar-refractivity contribution in [2.24, 2.45) is 0 Å². The summed E-state index contributed by atoms with van der Waals surface area (Å²) >= 11 is 0. The summed E-state index contributed by atoms with van der Waals surface area (Å²) in [6.45, 7) is 4.57. The highest BCUT2D eigenvalue weighted by Gasteiger charge is 2.21. The van der Waals surface area contributed by atoms with Gasteiger partial charge in [0.1, 0.15) is 6.04 Å². The average Bonchev–Trinajstić information content (AvgIpc) is 2.60. The summed E-state index contributed by atoms with van der Waals surface area (Å²) in [5.74, 6) is -0.177. The number of nitrogens with one attached hydrogen (secondary N) is 1. The summed E-state index contributed by atoms with van der Waals surface area (Å²) in [6, 6.07) is 8.69. The molecule has 0 spiro atoms. The molecule has 0 saturated carbocycles. The molecular weight excluding hydrogens is 306 g/mol. The minimum atomic E-state index is -0.566. The Balaban J connectivity index is 1.69. The molecule has 2 unspecified atom stereocenters. The van der Waals surface area contributed by atoms with E-state index < -0.39 is 6.04 Å². The first kappa shape index (κ1) is 16.7. The SMILES string of the molecule is CC(C(=O)NCC1CN(C)CCO1)n1ccc2ccccc2c1=O. The smallest absolute Gasteiger partial charge is 0.259 e. The Kier molecular flexibility index (Phi) is 4.97. The van der Waals surface area contributed by atoms with Gasteiger partial charge in [0.2, 0.25) is 5.91 Å². The van der Waals surface area contributed by atoms with Crippen molar-refractivity contribution in [3.63, 3.8) is 0 Å². The van der Waals surface area contributed by atoms with Gasteiger partial charge < -0.3 is 19.5 Å². The van der Waals surface area contributed by atoms with Crippen LogP contribution in [-0.4, -0.2) is 54.8 Å². The predicted molar refractivity (Wildman–Crippen MR) is 93.2 cm³/mol. The van der Waals surface area contributed by atoms with E-state index in [-0.39, 0.29) is 17.6 Å². The van der Waals surface area contributed by atoms with Crippen LogP contribution in [0, 0.1) is 0 Å². The van der Waals surface area contributed by atoms with Crippen LogP contribution in [0.3, 0.4) is 0 Å². The maximum atomic E-state index is 12.6. The number of ether oxygens (including phenoxy) is 1. The fourth-order valence-electron chi connectivity index (χ4n) is 2.99. The third kappa shape index (κ3) is 3.49. The molecule has 1 fully saturated rings. The standard InChI is InChI=1S/C18H23N3O3/c1-13(17(22)19-11-15-12-20(2)9-10-24-15)21-8-7-14-5-3-4-6-16(14)18(21)23/h3-8,13,15H,9-12H2,1-2H3,(H,19,22). The first-order valence-electron chi connectivity index (χ1n) is 8.24. The molecular formula is C18H23N3O3. The quantitative estimate of drug-likeness (QED) is 0.909. The molecule has 1 aliphatic rings. The molecule has 0 aliphatic carbocycles. The van der Waals surface area contributed by atoms with Crippen molar-refractivity contribution in [2.75, 3.05) is 33.3 Å². The van der Waals surface area contributed by atoms with Crippen LogP contribution < -0.4 is 10.9 Å². The normalized spacial score (nSPS) is 20.0. The fourth-order valence-corrected chi connectivity index (χ4v) is 2.99. The van der Waals surface area contributed by atoms with E-state index in [0.717, 1.165) is 18.5 Å². The summed E-state index contributed by atoms with van der Waals surface area (Å²) in [4.78, 5) is 27.2. The van der Waals surface area contributed by atoms with Crippen molar-refractivity contribution in [1.29, 1.82) is 0 Å². The number of morpholine rings is 1. The number of likely N-dealkylation sites (N-methyl/N-ethyl adjacent to an activating group) is 1. The Morgan fingerprint density at radius 3 is 2.96 bits per heavy atom. The molecule has 24 heavy (non-hydrogen) atoms. The van der Waals surface area contributed by atoms with Crippen LogP contribution in [0.2, 0.25) is 0 Å². The predicted octanol–water partition coefficient (Wildman–Crippen LogP) is 1.01. The Morgan fingerprint density at radius 1 is 1.38 bits per heavy atom. The molecule has 2 aromatic rings. The van der Waals surface area contributed by atoms with E-state index in [9.17, 15) is 9.59 Å². The summed E-state index contributed by atoms with van der Waals surface area (Å²) in [7, 11) is 2.04. The first-order chi connectivity index (χ1) is 11.6. The number of fused-ring (bicyclic) bond motifs is 1. The Labute approximate surface area is 141 Å². The maximum absolute atomic E-state index is 12.6. The second-order valence-electron chi connectivity index (χ2n) is 6.29. The summed E-state index contributed by atoms with van der Waals surface area (Å²) < 4.78 is 7.12. The number of aromatic nitrogens is 1. The largest absolute Gasteiger partial charge is 0.374 e. The number of benzene rings is 1. The molecule has 6 heteroatoms. The van der Waals surface area contributed by atoms with Gasteiger partial charge in [-0.1, -0.05) is 18.2 Å². The zero-order chi connectivity index (χ0) is 17.1. The molecule has 1 amide bonds. The van der Waals surface area contributed by atoms with Gasteiger partial charge in [0.05, 0.1) is 12.7 Å². The minimum absolute atomic E-state index is 0.00627. The van der Waals surface area contributed by atoms with Crippen LogP contribution in [0.15, 0.2) is 41.3 Å². The van der Waals surface area contributed by atoms with Crippen LogP contribution in [0.25, 0.3) is 10.8 Å². The number of carbonyl (C=O) groups is 1. The monoisotopic (exact) mass is 329 g/mol. The van der Waals surface area contributed by atoms with Gasteiger partial charge in [0.25, 0.3) is 5.56 Å². The van der Waals surface area contributed by atoms with E-state index >= 15 is 0 Å². The molecule has 1 N–H and O–H groups in total. The van der Waals surface area contributed by atoms with E-state index in [0.29, 0.717) is 18.5 Å². The van der Waals surface area contributed by atoms with Gasteiger partial charge in [-0.2, -0.15) is 0 Å². The zero-order valence-corrected chi connectivity index (χ0v) is 14.1. The van der Waals surface area contributed by atoms with Gasteiger partial charge in [-0.25, -0.2) is 0 Å². The molecule has 1 aliphatic heterocycles. The molecule has 128 valence electrons. The molecule has 1 saturated heterocycles. The van der Waals surface area contributed by atoms with Crippen LogP contribution in [0.4, 0.5) is 0 Å². The minimum Gasteiger partial charge on any atom is -0.374 e. The third-order valence-electron chi connectivity index (χ3n) is 4.48. The Hall–Kier alpha value is -2.18. The van der Waals surface area contributed by atoms with Gasteiger partial charge in [-0.15, -0.1) is 0 Å². The molecule has 2 atom stereocenters. The Bertz CT molecular complexity index is 786. The topological polar surface area (TPSA) is 63.6 Å². The summed E-state index contributed by atoms with van der Waals surface area (Å²) in [6.07, 6.45) is 1.67. The number of hydrogen-bond acceptors (Lipinski definition) is 4. The van der Waals surface area contributed by atoms with E-state index in [1.807, 2.05) is 31.3 Å². The number of hydrogen-bond donors (Lipinski definition) is 1. The highest BCUT2D eigenvalue weighted by Crippen LogP contribution is 2.11. The van der Waals surface area contributed by atoms with Crippen molar-refractivity contribution >= 4 is 16.7 Å². The summed E-state index contributed by atoms with van der Waals surface area (Å²) in [5.41, 5.74) is -0.149. The molecule has 0 bridgehead atoms.